The Morgan fingerprint density at radius 1 is 0.922 bits per heavy atom. The van der Waals surface area contributed by atoms with E-state index in [1.807, 2.05) is 68.2 Å². The fourth-order valence-corrected chi connectivity index (χ4v) is 12.7. The number of nitrogens with zero attached hydrogens (tertiary/aromatic N) is 4. The molecule has 0 bridgehead atoms. The quantitative estimate of drug-likeness (QED) is 0.0573. The van der Waals surface area contributed by atoms with Crippen LogP contribution in [0.15, 0.2) is 91.4 Å². The topological polar surface area (TPSA) is 194 Å². The van der Waals surface area contributed by atoms with Crippen molar-refractivity contribution < 1.29 is 43.6 Å². The number of piperidine rings is 1. The Kier molecular flexibility index (Phi) is 16.9. The summed E-state index contributed by atoms with van der Waals surface area (Å²) in [5.74, 6) is 0.371. The van der Waals surface area contributed by atoms with E-state index in [0.717, 1.165) is 67.5 Å². The largest absolute Gasteiger partial charge is 0.494 e. The molecule has 4 aliphatic rings. The summed E-state index contributed by atoms with van der Waals surface area (Å²) >= 11 is 6.34. The number of aryl methyl sites for hydroxylation is 1. The minimum atomic E-state index is -1.26. The molecule has 0 radical (unpaired) electrons. The first kappa shape index (κ1) is 55.2. The van der Waals surface area contributed by atoms with Gasteiger partial charge in [-0.3, -0.25) is 14.5 Å². The van der Waals surface area contributed by atoms with E-state index in [1.165, 1.54) is 16.7 Å². The van der Waals surface area contributed by atoms with Crippen molar-refractivity contribution >= 4 is 41.2 Å². The molecule has 4 N–H and O–H groups in total. The third-order valence-electron chi connectivity index (χ3n) is 16.5. The van der Waals surface area contributed by atoms with Crippen LogP contribution in [-0.4, -0.2) is 91.3 Å². The number of hydrogen-bond donors (Lipinski definition) is 4. The number of carboxylic acid groups (broad SMARTS) is 2. The Hall–Kier alpha value is -6.61. The summed E-state index contributed by atoms with van der Waals surface area (Å²) in [5.41, 5.74) is 5.55. The molecule has 1 saturated heterocycles. The first-order chi connectivity index (χ1) is 36.9. The molecule has 410 valence electrons. The summed E-state index contributed by atoms with van der Waals surface area (Å²) in [7, 11) is 0. The van der Waals surface area contributed by atoms with Crippen LogP contribution < -0.4 is 20.1 Å². The maximum atomic E-state index is 13.4. The molecule has 77 heavy (non-hydrogen) atoms. The van der Waals surface area contributed by atoms with E-state index in [-0.39, 0.29) is 36.4 Å². The van der Waals surface area contributed by atoms with Crippen molar-refractivity contribution in [1.82, 2.24) is 25.0 Å². The SMILES string of the molecule is C[C@@H](COc1ccnc2c1[C@H](C)CCC2)CC1Cc2ccc(OCCCC(=O)NC(C(=O)O)c3cccc(-c4cnn(CC5CCN(C(=O)OC(C)(C)C)CC5)c4)c3)cc2C12CCC(Nc1cccc(Cl)c1)(C(=O)O)CC2. The Balaban J connectivity index is 0.818. The van der Waals surface area contributed by atoms with Crippen molar-refractivity contribution in [2.75, 3.05) is 31.6 Å². The van der Waals surface area contributed by atoms with Gasteiger partial charge in [-0.1, -0.05) is 55.8 Å². The number of rotatable bonds is 19. The monoisotopic (exact) mass is 1070 g/mol. The number of amides is 2. The van der Waals surface area contributed by atoms with Crippen LogP contribution in [0.25, 0.3) is 11.1 Å². The van der Waals surface area contributed by atoms with Gasteiger partial charge in [0, 0.05) is 66.0 Å². The van der Waals surface area contributed by atoms with Crippen molar-refractivity contribution in [2.24, 2.45) is 17.8 Å². The van der Waals surface area contributed by atoms with E-state index in [4.69, 9.17) is 25.8 Å². The Labute approximate surface area is 457 Å². The number of nitrogens with one attached hydrogen (secondary N) is 2. The van der Waals surface area contributed by atoms with Crippen LogP contribution in [0.1, 0.15) is 145 Å². The van der Waals surface area contributed by atoms with Gasteiger partial charge in [-0.15, -0.1) is 0 Å². The number of ether oxygens (including phenoxy) is 3. The van der Waals surface area contributed by atoms with E-state index >= 15 is 0 Å². The van der Waals surface area contributed by atoms with Crippen LogP contribution in [-0.2, 0) is 43.9 Å². The van der Waals surface area contributed by atoms with E-state index in [9.17, 15) is 29.4 Å². The predicted molar refractivity (Wildman–Crippen MR) is 296 cm³/mol. The zero-order valence-electron chi connectivity index (χ0n) is 45.2. The molecular formula is C61H75ClN6O9. The zero-order valence-corrected chi connectivity index (χ0v) is 45.9. The van der Waals surface area contributed by atoms with Gasteiger partial charge in [0.15, 0.2) is 6.04 Å². The molecule has 16 heteroatoms. The van der Waals surface area contributed by atoms with Crippen molar-refractivity contribution in [2.45, 2.75) is 153 Å². The molecule has 2 unspecified atom stereocenters. The third kappa shape index (κ3) is 13.1. The molecule has 2 fully saturated rings. The molecule has 3 heterocycles. The van der Waals surface area contributed by atoms with Crippen LogP contribution >= 0.6 is 11.6 Å². The molecule has 1 saturated carbocycles. The summed E-state index contributed by atoms with van der Waals surface area (Å²) in [6.07, 6.45) is 14.5. The number of hydrogen-bond acceptors (Lipinski definition) is 10. The number of pyridine rings is 1. The van der Waals surface area contributed by atoms with Gasteiger partial charge in [-0.25, -0.2) is 14.4 Å². The van der Waals surface area contributed by atoms with Crippen LogP contribution in [0, 0.1) is 17.8 Å². The molecule has 2 amide bonds. The molecule has 2 aromatic heterocycles. The normalized spacial score (nSPS) is 22.1. The molecule has 15 nitrogen and oxygen atoms in total. The number of carbonyl (C=O) groups is 4. The smallest absolute Gasteiger partial charge is 0.410 e. The number of likely N-dealkylation sites (tertiary alicyclic amines) is 1. The highest BCUT2D eigenvalue weighted by Gasteiger charge is 2.54. The second-order valence-corrected chi connectivity index (χ2v) is 23.7. The lowest BCUT2D eigenvalue weighted by Gasteiger charge is -2.47. The van der Waals surface area contributed by atoms with Gasteiger partial charge in [0.1, 0.15) is 22.6 Å². The third-order valence-corrected chi connectivity index (χ3v) is 16.8. The number of benzene rings is 3. The number of aliphatic carboxylic acids is 2. The van der Waals surface area contributed by atoms with Gasteiger partial charge < -0.3 is 40.0 Å². The highest BCUT2D eigenvalue weighted by atomic mass is 35.5. The highest BCUT2D eigenvalue weighted by Crippen LogP contribution is 2.57. The Morgan fingerprint density at radius 2 is 1.70 bits per heavy atom. The van der Waals surface area contributed by atoms with E-state index in [2.05, 4.69) is 46.7 Å². The van der Waals surface area contributed by atoms with Gasteiger partial charge >= 0.3 is 18.0 Å². The summed E-state index contributed by atoms with van der Waals surface area (Å²) < 4.78 is 20.4. The van der Waals surface area contributed by atoms with E-state index in [1.54, 1.807) is 41.4 Å². The molecular weight excluding hydrogens is 996 g/mol. The predicted octanol–water partition coefficient (Wildman–Crippen LogP) is 11.8. The molecule has 4 atom stereocenters. The minimum absolute atomic E-state index is 0.0575. The molecule has 1 spiro atoms. The maximum absolute atomic E-state index is 13.4. The van der Waals surface area contributed by atoms with Gasteiger partial charge in [-0.2, -0.15) is 5.10 Å². The summed E-state index contributed by atoms with van der Waals surface area (Å²) in [6, 6.07) is 21.4. The van der Waals surface area contributed by atoms with Crippen molar-refractivity contribution in [3.8, 4) is 22.6 Å². The number of fused-ring (bicyclic) bond motifs is 3. The van der Waals surface area contributed by atoms with Crippen molar-refractivity contribution in [3.63, 3.8) is 0 Å². The first-order valence-corrected chi connectivity index (χ1v) is 28.0. The second-order valence-electron chi connectivity index (χ2n) is 23.3. The van der Waals surface area contributed by atoms with Crippen molar-refractivity contribution in [1.29, 1.82) is 0 Å². The Bertz CT molecular complexity index is 2920. The summed E-state index contributed by atoms with van der Waals surface area (Å²) in [5, 5.41) is 32.4. The molecule has 1 aliphatic heterocycles. The number of anilines is 1. The van der Waals surface area contributed by atoms with E-state index < -0.39 is 35.0 Å². The van der Waals surface area contributed by atoms with Crippen LogP contribution in [0.2, 0.25) is 5.02 Å². The van der Waals surface area contributed by atoms with Gasteiger partial charge in [0.2, 0.25) is 5.91 Å². The molecule has 3 aromatic carbocycles. The van der Waals surface area contributed by atoms with Crippen molar-refractivity contribution in [3.05, 3.63) is 124 Å². The average molecular weight is 1070 g/mol. The standard InChI is InChI=1S/C61H75ClN6O9/c1-39(38-76-52-19-26-63-51-15-6-10-40(2)54(51)52)30-46-32-43-17-18-49(34-50(43)60(46)22-24-61(25-23-60,57(72)73)66-48-14-8-13-47(62)33-48)75-29-9-16-53(69)65-55(56(70)71)44-12-7-11-42(31-44)45-35-64-68(37-45)36-41-20-27-67(28-21-41)58(74)77-59(3,4)5/h7-8,11-14,17-19,26,31,33-35,37,39-41,46,55,66H,6,9-10,15-16,20-25,27-30,32,36,38H2,1-5H3,(H,65,69)(H,70,71)(H,72,73)/t39-,40-,46?,55?,60?,61?/m1/s1. The lowest BCUT2D eigenvalue weighted by atomic mass is 9.59. The minimum Gasteiger partial charge on any atom is -0.494 e. The molecule has 5 aromatic rings. The average Bonchev–Trinajstić information content (AvgIpc) is 4.15. The van der Waals surface area contributed by atoms with Gasteiger partial charge in [0.05, 0.1) is 19.4 Å². The maximum Gasteiger partial charge on any atom is 0.410 e. The molecule has 9 rings (SSSR count). The fourth-order valence-electron chi connectivity index (χ4n) is 12.5. The number of carboxylic acids is 2. The lowest BCUT2D eigenvalue weighted by Crippen LogP contribution is -2.53. The van der Waals surface area contributed by atoms with E-state index in [0.29, 0.717) is 92.2 Å². The summed E-state index contributed by atoms with van der Waals surface area (Å²) in [4.78, 5) is 58.2. The second kappa shape index (κ2) is 23.6. The lowest BCUT2D eigenvalue weighted by molar-refractivity contribution is -0.144. The first-order valence-electron chi connectivity index (χ1n) is 27.6. The number of carbonyl (C=O) groups excluding carboxylic acids is 2. The number of halogens is 1. The van der Waals surface area contributed by atoms with Gasteiger partial charge in [-0.05, 0) is 192 Å². The zero-order chi connectivity index (χ0) is 54.5. The number of aromatic nitrogens is 3. The fraction of sp³-hybridized carbons (Fsp3) is 0.508. The van der Waals surface area contributed by atoms with Gasteiger partial charge in [0.25, 0.3) is 0 Å². The summed E-state index contributed by atoms with van der Waals surface area (Å²) in [6.45, 7) is 12.8. The van der Waals surface area contributed by atoms with Crippen LogP contribution in [0.4, 0.5) is 10.5 Å². The molecule has 3 aliphatic carbocycles. The van der Waals surface area contributed by atoms with Crippen LogP contribution in [0.5, 0.6) is 11.5 Å². The highest BCUT2D eigenvalue weighted by molar-refractivity contribution is 6.30. The Morgan fingerprint density at radius 3 is 2.44 bits per heavy atom. The van der Waals surface area contributed by atoms with Crippen LogP contribution in [0.3, 0.4) is 0 Å².